The molecule has 0 saturated heterocycles. The minimum Gasteiger partial charge on any atom is -0.433 e. The van der Waals surface area contributed by atoms with E-state index in [0.717, 1.165) is 12.8 Å². The zero-order chi connectivity index (χ0) is 11.0. The summed E-state index contributed by atoms with van der Waals surface area (Å²) in [5.74, 6) is 0. The van der Waals surface area contributed by atoms with E-state index in [4.69, 9.17) is 32.7 Å². The lowest BCUT2D eigenvalue weighted by molar-refractivity contribution is 0.0548. The second kappa shape index (κ2) is 8.18. The maximum absolute atomic E-state index is 10.9. The molecule has 84 valence electrons. The molecule has 0 N–H and O–H groups in total. The molecule has 0 fully saturated rings. The van der Waals surface area contributed by atoms with Gasteiger partial charge in [-0.25, -0.2) is 4.79 Å². The van der Waals surface area contributed by atoms with E-state index >= 15 is 0 Å². The molecule has 3 nitrogen and oxygen atoms in total. The van der Waals surface area contributed by atoms with Crippen LogP contribution in [0.15, 0.2) is 0 Å². The van der Waals surface area contributed by atoms with Crippen LogP contribution < -0.4 is 0 Å². The fourth-order valence-corrected chi connectivity index (χ4v) is 0.720. The van der Waals surface area contributed by atoms with Crippen molar-refractivity contribution in [3.8, 4) is 0 Å². The Labute approximate surface area is 94.7 Å². The first-order chi connectivity index (χ1) is 6.60. The first-order valence-electron chi connectivity index (χ1n) is 4.67. The summed E-state index contributed by atoms with van der Waals surface area (Å²) < 4.78 is 9.48. The lowest BCUT2D eigenvalue weighted by Crippen LogP contribution is -2.18. The molecule has 5 heteroatoms. The van der Waals surface area contributed by atoms with E-state index in [0.29, 0.717) is 0 Å². The lowest BCUT2D eigenvalue weighted by atomic mass is 10.3. The SMILES string of the molecule is CCC(Cl)COC(=O)OCC(Cl)CC. The Balaban J connectivity index is 3.46. The van der Waals surface area contributed by atoms with Gasteiger partial charge in [-0.3, -0.25) is 0 Å². The number of halogens is 2. The second-order valence-electron chi connectivity index (χ2n) is 2.88. The Kier molecular flexibility index (Phi) is 8.09. The molecule has 0 spiro atoms. The average Bonchev–Trinajstić information content (AvgIpc) is 2.22. The van der Waals surface area contributed by atoms with Gasteiger partial charge >= 0.3 is 6.16 Å². The molecule has 0 aromatic carbocycles. The van der Waals surface area contributed by atoms with E-state index in [1.54, 1.807) is 0 Å². The van der Waals surface area contributed by atoms with Crippen LogP contribution in [0, 0.1) is 0 Å². The number of carbonyl (C=O) groups excluding carboxylic acids is 1. The highest BCUT2D eigenvalue weighted by molar-refractivity contribution is 6.21. The predicted molar refractivity (Wildman–Crippen MR) is 57.2 cm³/mol. The third-order valence-electron chi connectivity index (χ3n) is 1.65. The standard InChI is InChI=1S/C9H16Cl2O3/c1-3-7(10)5-13-9(12)14-6-8(11)4-2/h7-8H,3-6H2,1-2H3. The largest absolute Gasteiger partial charge is 0.508 e. The summed E-state index contributed by atoms with van der Waals surface area (Å²) in [6, 6.07) is 0. The Morgan fingerprint density at radius 1 is 1.07 bits per heavy atom. The van der Waals surface area contributed by atoms with E-state index in [-0.39, 0.29) is 24.0 Å². The summed E-state index contributed by atoms with van der Waals surface area (Å²) >= 11 is 11.5. The number of hydrogen-bond donors (Lipinski definition) is 0. The third-order valence-corrected chi connectivity index (χ3v) is 2.52. The van der Waals surface area contributed by atoms with Crippen molar-refractivity contribution in [3.63, 3.8) is 0 Å². The van der Waals surface area contributed by atoms with Crippen LogP contribution in [0.5, 0.6) is 0 Å². The van der Waals surface area contributed by atoms with Gasteiger partial charge in [-0.05, 0) is 12.8 Å². The summed E-state index contributed by atoms with van der Waals surface area (Å²) in [6.07, 6.45) is 0.798. The van der Waals surface area contributed by atoms with Crippen LogP contribution in [0.1, 0.15) is 26.7 Å². The normalized spacial score (nSPS) is 14.6. The smallest absolute Gasteiger partial charge is 0.433 e. The number of carbonyl (C=O) groups is 1. The van der Waals surface area contributed by atoms with Crippen LogP contribution in [-0.4, -0.2) is 30.1 Å². The van der Waals surface area contributed by atoms with E-state index in [1.165, 1.54) is 0 Å². The Hall–Kier alpha value is -0.150. The van der Waals surface area contributed by atoms with Crippen LogP contribution in [0.2, 0.25) is 0 Å². The third kappa shape index (κ3) is 7.27. The minimum atomic E-state index is -0.705. The van der Waals surface area contributed by atoms with Crippen molar-refractivity contribution in [1.82, 2.24) is 0 Å². The molecule has 0 aliphatic carbocycles. The predicted octanol–water partition coefficient (Wildman–Crippen LogP) is 3.17. The number of ether oxygens (including phenoxy) is 2. The van der Waals surface area contributed by atoms with Gasteiger partial charge in [0, 0.05) is 0 Å². The summed E-state index contributed by atoms with van der Waals surface area (Å²) in [6.45, 7) is 4.18. The zero-order valence-corrected chi connectivity index (χ0v) is 9.98. The van der Waals surface area contributed by atoms with Gasteiger partial charge < -0.3 is 9.47 Å². The number of rotatable bonds is 6. The maximum atomic E-state index is 10.9. The molecule has 2 unspecified atom stereocenters. The molecule has 0 heterocycles. The molecule has 0 aromatic heterocycles. The van der Waals surface area contributed by atoms with Crippen molar-refractivity contribution >= 4 is 29.4 Å². The van der Waals surface area contributed by atoms with Gasteiger partial charge in [-0.15, -0.1) is 23.2 Å². The summed E-state index contributed by atoms with van der Waals surface area (Å²) in [4.78, 5) is 10.9. The molecule has 0 amide bonds. The quantitative estimate of drug-likeness (QED) is 0.531. The highest BCUT2D eigenvalue weighted by Gasteiger charge is 2.10. The number of alkyl halides is 2. The number of hydrogen-bond acceptors (Lipinski definition) is 3. The van der Waals surface area contributed by atoms with Gasteiger partial charge in [-0.2, -0.15) is 0 Å². The molecular weight excluding hydrogens is 227 g/mol. The highest BCUT2D eigenvalue weighted by atomic mass is 35.5. The molecule has 14 heavy (non-hydrogen) atoms. The Bertz CT molecular complexity index is 148. The van der Waals surface area contributed by atoms with Gasteiger partial charge in [0.05, 0.1) is 10.8 Å². The molecule has 2 atom stereocenters. The van der Waals surface area contributed by atoms with Crippen LogP contribution in [0.25, 0.3) is 0 Å². The van der Waals surface area contributed by atoms with Crippen LogP contribution in [-0.2, 0) is 9.47 Å². The van der Waals surface area contributed by atoms with Crippen molar-refractivity contribution in [3.05, 3.63) is 0 Å². The second-order valence-corrected chi connectivity index (χ2v) is 4.12. The molecule has 0 aliphatic rings. The molecule has 0 rings (SSSR count). The maximum Gasteiger partial charge on any atom is 0.508 e. The van der Waals surface area contributed by atoms with Crippen molar-refractivity contribution in [1.29, 1.82) is 0 Å². The van der Waals surface area contributed by atoms with E-state index in [1.807, 2.05) is 13.8 Å². The molecule has 0 aromatic rings. The van der Waals surface area contributed by atoms with Crippen molar-refractivity contribution in [2.45, 2.75) is 37.4 Å². The Morgan fingerprint density at radius 3 is 1.71 bits per heavy atom. The summed E-state index contributed by atoms with van der Waals surface area (Å²) in [5.41, 5.74) is 0. The molecule has 0 saturated carbocycles. The van der Waals surface area contributed by atoms with Crippen molar-refractivity contribution in [2.24, 2.45) is 0 Å². The molecule has 0 radical (unpaired) electrons. The van der Waals surface area contributed by atoms with E-state index < -0.39 is 6.16 Å². The van der Waals surface area contributed by atoms with Crippen LogP contribution in [0.3, 0.4) is 0 Å². The summed E-state index contributed by atoms with van der Waals surface area (Å²) in [5, 5.41) is -0.305. The summed E-state index contributed by atoms with van der Waals surface area (Å²) in [7, 11) is 0. The first kappa shape index (κ1) is 13.8. The van der Waals surface area contributed by atoms with E-state index in [9.17, 15) is 4.79 Å². The molecule has 0 aliphatic heterocycles. The average molecular weight is 243 g/mol. The van der Waals surface area contributed by atoms with Crippen molar-refractivity contribution < 1.29 is 14.3 Å². The monoisotopic (exact) mass is 242 g/mol. The van der Waals surface area contributed by atoms with Crippen LogP contribution in [0.4, 0.5) is 4.79 Å². The fraction of sp³-hybridized carbons (Fsp3) is 0.889. The van der Waals surface area contributed by atoms with Crippen molar-refractivity contribution in [2.75, 3.05) is 13.2 Å². The Morgan fingerprint density at radius 2 is 1.43 bits per heavy atom. The van der Waals surface area contributed by atoms with E-state index in [2.05, 4.69) is 0 Å². The fourth-order valence-electron chi connectivity index (χ4n) is 0.594. The van der Waals surface area contributed by atoms with Gasteiger partial charge in [0.15, 0.2) is 0 Å². The van der Waals surface area contributed by atoms with Gasteiger partial charge in [0.2, 0.25) is 0 Å². The van der Waals surface area contributed by atoms with Crippen LogP contribution >= 0.6 is 23.2 Å². The molecule has 0 bridgehead atoms. The lowest BCUT2D eigenvalue weighted by Gasteiger charge is -2.10. The molecular formula is C9H16Cl2O3. The topological polar surface area (TPSA) is 35.5 Å². The van der Waals surface area contributed by atoms with Gasteiger partial charge in [0.25, 0.3) is 0 Å². The zero-order valence-electron chi connectivity index (χ0n) is 8.46. The van der Waals surface area contributed by atoms with Gasteiger partial charge in [0.1, 0.15) is 13.2 Å². The first-order valence-corrected chi connectivity index (χ1v) is 5.55. The minimum absolute atomic E-state index is 0.152. The highest BCUT2D eigenvalue weighted by Crippen LogP contribution is 2.04. The van der Waals surface area contributed by atoms with Gasteiger partial charge in [-0.1, -0.05) is 13.8 Å².